The van der Waals surface area contributed by atoms with E-state index in [0.717, 1.165) is 55.9 Å². The van der Waals surface area contributed by atoms with E-state index in [9.17, 15) is 0 Å². The van der Waals surface area contributed by atoms with Crippen molar-refractivity contribution in [2.45, 2.75) is 83.0 Å². The Morgan fingerprint density at radius 3 is 2.53 bits per heavy atom. The van der Waals surface area contributed by atoms with Crippen LogP contribution in [0.1, 0.15) is 71.2 Å². The van der Waals surface area contributed by atoms with Crippen LogP contribution in [0.15, 0.2) is 10.1 Å². The molecule has 0 spiro atoms. The first-order chi connectivity index (χ1) is 14.1. The fourth-order valence-electron chi connectivity index (χ4n) is 3.98. The van der Waals surface area contributed by atoms with Gasteiger partial charge in [-0.05, 0) is 44.8 Å². The first-order valence-corrected chi connectivity index (χ1v) is 12.4. The van der Waals surface area contributed by atoms with E-state index in [1.165, 1.54) is 25.7 Å². The number of hydrogen-bond donors (Lipinski definition) is 2. The van der Waals surface area contributed by atoms with Crippen LogP contribution in [0.5, 0.6) is 0 Å². The molecule has 1 unspecified atom stereocenters. The Bertz CT molecular complexity index is 619. The van der Waals surface area contributed by atoms with Gasteiger partial charge >= 0.3 is 0 Å². The number of rotatable bonds is 12. The molecule has 0 radical (unpaired) electrons. The topological polar surface area (TPSA) is 76.4 Å². The molecule has 1 heterocycles. The van der Waals surface area contributed by atoms with Crippen molar-refractivity contribution in [2.24, 2.45) is 10.9 Å². The zero-order valence-electron chi connectivity index (χ0n) is 19.3. The monoisotopic (exact) mass is 552 g/mol. The van der Waals surface area contributed by atoms with Crippen LogP contribution in [0.2, 0.25) is 0 Å². The molecule has 9 heteroatoms. The second-order valence-corrected chi connectivity index (χ2v) is 8.74. The molecule has 0 amide bonds. The summed E-state index contributed by atoms with van der Waals surface area (Å²) < 4.78 is 8.21. The third-order valence-corrected chi connectivity index (χ3v) is 6.19. The van der Waals surface area contributed by atoms with E-state index in [4.69, 9.17) is 4.74 Å². The predicted octanol–water partition coefficient (Wildman–Crippen LogP) is 4.28. The summed E-state index contributed by atoms with van der Waals surface area (Å²) in [6, 6.07) is 0.587. The minimum absolute atomic E-state index is 0. The third kappa shape index (κ3) is 8.53. The molecule has 1 aromatic rings. The molecular weight excluding hydrogens is 511 g/mol. The van der Waals surface area contributed by atoms with Crippen molar-refractivity contribution in [3.05, 3.63) is 5.82 Å². The van der Waals surface area contributed by atoms with Crippen LogP contribution >= 0.6 is 35.7 Å². The summed E-state index contributed by atoms with van der Waals surface area (Å²) in [6.07, 6.45) is 10.5. The van der Waals surface area contributed by atoms with Gasteiger partial charge < -0.3 is 19.9 Å². The fraction of sp³-hybridized carbons (Fsp3) is 0.857. The lowest BCUT2D eigenvalue weighted by Crippen LogP contribution is -2.39. The summed E-state index contributed by atoms with van der Waals surface area (Å²) in [4.78, 5) is 4.34. The lowest BCUT2D eigenvalue weighted by Gasteiger charge is -2.21. The molecule has 1 fully saturated rings. The highest BCUT2D eigenvalue weighted by Gasteiger charge is 2.23. The highest BCUT2D eigenvalue weighted by Crippen LogP contribution is 2.33. The lowest BCUT2D eigenvalue weighted by molar-refractivity contribution is 0.0258. The van der Waals surface area contributed by atoms with Gasteiger partial charge in [-0.2, -0.15) is 0 Å². The van der Waals surface area contributed by atoms with Gasteiger partial charge in [0.1, 0.15) is 5.82 Å². The van der Waals surface area contributed by atoms with Crippen LogP contribution in [0.25, 0.3) is 0 Å². The average molecular weight is 553 g/mol. The number of aliphatic imine (C=N–C) groups is 1. The van der Waals surface area contributed by atoms with E-state index in [2.05, 4.69) is 57.4 Å². The molecule has 0 aliphatic heterocycles. The molecular formula is C21H41IN6OS. The molecule has 0 bridgehead atoms. The number of hydrogen-bond acceptors (Lipinski definition) is 5. The molecule has 0 saturated heterocycles. The van der Waals surface area contributed by atoms with Crippen molar-refractivity contribution in [1.82, 2.24) is 25.4 Å². The first kappa shape index (κ1) is 27.5. The van der Waals surface area contributed by atoms with E-state index in [1.807, 2.05) is 7.05 Å². The van der Waals surface area contributed by atoms with Crippen LogP contribution in [0.3, 0.4) is 0 Å². The number of thioether (sulfide) groups is 1. The molecule has 2 rings (SSSR count). The van der Waals surface area contributed by atoms with Crippen LogP contribution in [0.4, 0.5) is 0 Å². The second kappa shape index (κ2) is 15.3. The van der Waals surface area contributed by atoms with Gasteiger partial charge in [-0.25, -0.2) is 0 Å². The fourth-order valence-corrected chi connectivity index (χ4v) is 4.55. The smallest absolute Gasteiger partial charge is 0.191 e. The van der Waals surface area contributed by atoms with Crippen molar-refractivity contribution in [3.63, 3.8) is 0 Å². The summed E-state index contributed by atoms with van der Waals surface area (Å²) in [6.45, 7) is 8.96. The van der Waals surface area contributed by atoms with Crippen molar-refractivity contribution in [2.75, 3.05) is 33.0 Å². The largest absolute Gasteiger partial charge is 0.378 e. The number of nitrogens with one attached hydrogen (secondary N) is 2. The average Bonchev–Trinajstić information content (AvgIpc) is 3.37. The Morgan fingerprint density at radius 2 is 1.93 bits per heavy atom. The van der Waals surface area contributed by atoms with Crippen molar-refractivity contribution in [3.8, 4) is 0 Å². The highest BCUT2D eigenvalue weighted by molar-refractivity contribution is 14.0. The Kier molecular flexibility index (Phi) is 14.0. The van der Waals surface area contributed by atoms with Gasteiger partial charge in [-0.3, -0.25) is 4.99 Å². The minimum atomic E-state index is 0. The van der Waals surface area contributed by atoms with Crippen molar-refractivity contribution in [1.29, 1.82) is 0 Å². The van der Waals surface area contributed by atoms with Gasteiger partial charge in [0.05, 0.1) is 6.10 Å². The molecule has 1 saturated carbocycles. The Hall–Kier alpha value is -0.550. The number of aryl methyl sites for hydroxylation is 1. The van der Waals surface area contributed by atoms with Crippen molar-refractivity contribution >= 4 is 41.7 Å². The van der Waals surface area contributed by atoms with Gasteiger partial charge in [-0.1, -0.05) is 38.5 Å². The Balaban J connectivity index is 0.00000450. The summed E-state index contributed by atoms with van der Waals surface area (Å²) in [5.74, 6) is 2.50. The van der Waals surface area contributed by atoms with Crippen LogP contribution in [-0.2, 0) is 11.2 Å². The van der Waals surface area contributed by atoms with Crippen LogP contribution in [0, 0.1) is 5.92 Å². The molecule has 174 valence electrons. The minimum Gasteiger partial charge on any atom is -0.378 e. The molecule has 7 nitrogen and oxygen atoms in total. The molecule has 1 atom stereocenters. The quantitative estimate of drug-likeness (QED) is 0.133. The summed E-state index contributed by atoms with van der Waals surface area (Å²) >= 11 is 1.70. The molecule has 30 heavy (non-hydrogen) atoms. The second-order valence-electron chi connectivity index (χ2n) is 7.97. The molecule has 1 aromatic heterocycles. The number of aromatic nitrogens is 3. The van der Waals surface area contributed by atoms with E-state index in [0.29, 0.717) is 12.0 Å². The van der Waals surface area contributed by atoms with E-state index in [1.54, 1.807) is 11.8 Å². The standard InChI is InChI=1S/C21H40N6OS.HI/c1-6-28-18(16(2)3)13-15-24-20(22-4)23-14-9-12-19-25-26-21(29-5)27(19)17-10-7-8-11-17;/h16-18H,6-15H2,1-5H3,(H2,22,23,24);1H. The van der Waals surface area contributed by atoms with Gasteiger partial charge in [-0.15, -0.1) is 34.2 Å². The normalized spacial score (nSPS) is 16.0. The predicted molar refractivity (Wildman–Crippen MR) is 137 cm³/mol. The molecule has 1 aliphatic rings. The maximum absolute atomic E-state index is 5.81. The van der Waals surface area contributed by atoms with Crippen LogP contribution in [-0.4, -0.2) is 59.8 Å². The summed E-state index contributed by atoms with van der Waals surface area (Å²) in [5.41, 5.74) is 0. The van der Waals surface area contributed by atoms with Gasteiger partial charge in [0, 0.05) is 39.2 Å². The maximum Gasteiger partial charge on any atom is 0.191 e. The van der Waals surface area contributed by atoms with Crippen LogP contribution < -0.4 is 10.6 Å². The molecule has 2 N–H and O–H groups in total. The van der Waals surface area contributed by atoms with Gasteiger partial charge in [0.2, 0.25) is 0 Å². The molecule has 1 aliphatic carbocycles. The summed E-state index contributed by atoms with van der Waals surface area (Å²) in [5, 5.41) is 16.8. The molecule has 0 aromatic carbocycles. The Morgan fingerprint density at radius 1 is 1.23 bits per heavy atom. The first-order valence-electron chi connectivity index (χ1n) is 11.1. The third-order valence-electron chi connectivity index (χ3n) is 5.55. The number of halogens is 1. The summed E-state index contributed by atoms with van der Waals surface area (Å²) in [7, 11) is 1.82. The van der Waals surface area contributed by atoms with Crippen molar-refractivity contribution < 1.29 is 4.74 Å². The maximum atomic E-state index is 5.81. The van der Waals surface area contributed by atoms with Gasteiger partial charge in [0.15, 0.2) is 11.1 Å². The lowest BCUT2D eigenvalue weighted by atomic mass is 10.0. The van der Waals surface area contributed by atoms with E-state index in [-0.39, 0.29) is 30.1 Å². The number of guanidine groups is 1. The zero-order valence-corrected chi connectivity index (χ0v) is 22.5. The van der Waals surface area contributed by atoms with E-state index >= 15 is 0 Å². The zero-order chi connectivity index (χ0) is 21.1. The number of ether oxygens (including phenoxy) is 1. The number of nitrogens with zero attached hydrogens (tertiary/aromatic N) is 4. The van der Waals surface area contributed by atoms with Gasteiger partial charge in [0.25, 0.3) is 0 Å². The van der Waals surface area contributed by atoms with E-state index < -0.39 is 0 Å². The highest BCUT2D eigenvalue weighted by atomic mass is 127. The SMILES string of the molecule is CCOC(CCNC(=NC)NCCCc1nnc(SC)n1C1CCCC1)C(C)C.I. The Labute approximate surface area is 204 Å².